The molecule has 1 aliphatic rings. The Labute approximate surface area is 130 Å². The molecule has 1 saturated heterocycles. The van der Waals surface area contributed by atoms with Gasteiger partial charge in [0.15, 0.2) is 0 Å². The molecule has 1 aromatic carbocycles. The van der Waals surface area contributed by atoms with Crippen LogP contribution in [0.3, 0.4) is 0 Å². The average molecular weight is 306 g/mol. The topological polar surface area (TPSA) is 78.9 Å². The first-order chi connectivity index (χ1) is 10.7. The number of hydrogen-bond acceptors (Lipinski definition) is 4. The second kappa shape index (κ2) is 8.51. The first kappa shape index (κ1) is 16.5. The largest absolute Gasteiger partial charge is 0.480 e. The smallest absolute Gasteiger partial charge is 0.321 e. The maximum absolute atomic E-state index is 12.1. The van der Waals surface area contributed by atoms with Gasteiger partial charge in [-0.05, 0) is 18.5 Å². The van der Waals surface area contributed by atoms with Gasteiger partial charge in [0.1, 0.15) is 6.04 Å². The maximum Gasteiger partial charge on any atom is 0.321 e. The highest BCUT2D eigenvalue weighted by atomic mass is 16.5. The highest BCUT2D eigenvalue weighted by molar-refractivity contribution is 5.84. The average Bonchev–Trinajstić information content (AvgIpc) is 2.55. The molecular weight excluding hydrogens is 284 g/mol. The fraction of sp³-hybridized carbons (Fsp3) is 0.500. The van der Waals surface area contributed by atoms with Crippen molar-refractivity contribution >= 4 is 11.9 Å². The van der Waals surface area contributed by atoms with E-state index in [0.29, 0.717) is 32.8 Å². The monoisotopic (exact) mass is 306 g/mol. The quantitative estimate of drug-likeness (QED) is 0.768. The number of carbonyl (C=O) groups is 2. The summed E-state index contributed by atoms with van der Waals surface area (Å²) in [5.74, 6) is -1.13. The third-order valence-electron chi connectivity index (χ3n) is 3.69. The van der Waals surface area contributed by atoms with E-state index < -0.39 is 12.0 Å². The third kappa shape index (κ3) is 5.13. The summed E-state index contributed by atoms with van der Waals surface area (Å²) in [5, 5.41) is 12.2. The van der Waals surface area contributed by atoms with Gasteiger partial charge in [0.2, 0.25) is 5.91 Å². The number of amides is 1. The van der Waals surface area contributed by atoms with Crippen molar-refractivity contribution < 1.29 is 19.4 Å². The minimum absolute atomic E-state index is 0.0237. The number of morpholine rings is 1. The van der Waals surface area contributed by atoms with Crippen LogP contribution in [-0.2, 0) is 20.7 Å². The van der Waals surface area contributed by atoms with Crippen molar-refractivity contribution in [1.29, 1.82) is 0 Å². The summed E-state index contributed by atoms with van der Waals surface area (Å²) < 4.78 is 5.19. The molecule has 1 atom stereocenters. The molecule has 0 spiro atoms. The van der Waals surface area contributed by atoms with Crippen molar-refractivity contribution in [3.8, 4) is 0 Å². The molecule has 22 heavy (non-hydrogen) atoms. The molecule has 120 valence electrons. The van der Waals surface area contributed by atoms with Gasteiger partial charge in [0, 0.05) is 13.1 Å². The maximum atomic E-state index is 12.1. The lowest BCUT2D eigenvalue weighted by Gasteiger charge is -2.28. The fourth-order valence-electron chi connectivity index (χ4n) is 2.40. The summed E-state index contributed by atoms with van der Waals surface area (Å²) in [6.45, 7) is 2.64. The number of aliphatic carboxylic acids is 1. The van der Waals surface area contributed by atoms with Gasteiger partial charge in [0.25, 0.3) is 0 Å². The van der Waals surface area contributed by atoms with Crippen LogP contribution >= 0.6 is 0 Å². The zero-order valence-corrected chi connectivity index (χ0v) is 12.5. The van der Waals surface area contributed by atoms with Crippen molar-refractivity contribution in [1.82, 2.24) is 10.2 Å². The van der Waals surface area contributed by atoms with Crippen molar-refractivity contribution in [3.05, 3.63) is 35.9 Å². The Bertz CT molecular complexity index is 486. The highest BCUT2D eigenvalue weighted by Crippen LogP contribution is 2.04. The Morgan fingerprint density at radius 2 is 1.91 bits per heavy atom. The minimum atomic E-state index is -0.991. The number of carboxylic acids is 1. The number of rotatable bonds is 7. The number of ether oxygens (including phenoxy) is 1. The van der Waals surface area contributed by atoms with E-state index in [0.717, 1.165) is 12.0 Å². The van der Waals surface area contributed by atoms with Crippen molar-refractivity contribution in [2.75, 3.05) is 32.8 Å². The first-order valence-electron chi connectivity index (χ1n) is 7.52. The van der Waals surface area contributed by atoms with Crippen LogP contribution in [0.4, 0.5) is 0 Å². The third-order valence-corrected chi connectivity index (χ3v) is 3.69. The van der Waals surface area contributed by atoms with Gasteiger partial charge in [-0.15, -0.1) is 0 Å². The van der Waals surface area contributed by atoms with E-state index in [1.165, 1.54) is 0 Å². The minimum Gasteiger partial charge on any atom is -0.480 e. The van der Waals surface area contributed by atoms with Crippen LogP contribution in [0.15, 0.2) is 30.3 Å². The number of benzene rings is 1. The molecule has 1 amide bonds. The number of nitrogens with zero attached hydrogens (tertiary/aromatic N) is 1. The van der Waals surface area contributed by atoms with Crippen molar-refractivity contribution in [2.24, 2.45) is 0 Å². The molecule has 0 saturated carbocycles. The molecule has 1 aliphatic heterocycles. The Balaban J connectivity index is 1.79. The summed E-state index contributed by atoms with van der Waals surface area (Å²) >= 11 is 0. The van der Waals surface area contributed by atoms with Crippen LogP contribution in [0.5, 0.6) is 0 Å². The lowest BCUT2D eigenvalue weighted by atomic mass is 10.1. The van der Waals surface area contributed by atoms with Crippen LogP contribution in [0.25, 0.3) is 0 Å². The number of carbonyl (C=O) groups excluding carboxylic acids is 1. The van der Waals surface area contributed by atoms with Crippen LogP contribution in [-0.4, -0.2) is 60.8 Å². The number of carboxylic acid groups (broad SMARTS) is 1. The molecule has 2 N–H and O–H groups in total. The summed E-state index contributed by atoms with van der Waals surface area (Å²) in [6.07, 6.45) is 0.709. The SMILES string of the molecule is O=C(O)C(CC(=O)N1CCOCC1)NCCc1ccccc1. The fourth-order valence-corrected chi connectivity index (χ4v) is 2.40. The highest BCUT2D eigenvalue weighted by Gasteiger charge is 2.24. The molecule has 1 heterocycles. The zero-order valence-electron chi connectivity index (χ0n) is 12.5. The lowest BCUT2D eigenvalue weighted by molar-refractivity contribution is -0.144. The second-order valence-corrected chi connectivity index (χ2v) is 5.28. The van der Waals surface area contributed by atoms with Gasteiger partial charge in [-0.25, -0.2) is 0 Å². The van der Waals surface area contributed by atoms with Crippen LogP contribution in [0.2, 0.25) is 0 Å². The second-order valence-electron chi connectivity index (χ2n) is 5.28. The van der Waals surface area contributed by atoms with E-state index in [4.69, 9.17) is 4.74 Å². The van der Waals surface area contributed by atoms with Gasteiger partial charge < -0.3 is 20.1 Å². The molecule has 1 aromatic rings. The molecular formula is C16H22N2O4. The van der Waals surface area contributed by atoms with Gasteiger partial charge >= 0.3 is 5.97 Å². The van der Waals surface area contributed by atoms with Gasteiger partial charge in [-0.1, -0.05) is 30.3 Å². The molecule has 0 radical (unpaired) electrons. The van der Waals surface area contributed by atoms with E-state index in [9.17, 15) is 14.7 Å². The summed E-state index contributed by atoms with van der Waals surface area (Å²) in [6, 6.07) is 8.99. The van der Waals surface area contributed by atoms with Crippen LogP contribution < -0.4 is 5.32 Å². The van der Waals surface area contributed by atoms with Crippen LogP contribution in [0, 0.1) is 0 Å². The van der Waals surface area contributed by atoms with Crippen LogP contribution in [0.1, 0.15) is 12.0 Å². The molecule has 1 fully saturated rings. The number of nitrogens with one attached hydrogen (secondary N) is 1. The van der Waals surface area contributed by atoms with Gasteiger partial charge in [0.05, 0.1) is 19.6 Å². The Kier molecular flexibility index (Phi) is 6.36. The van der Waals surface area contributed by atoms with E-state index in [1.54, 1.807) is 4.90 Å². The standard InChI is InChI=1S/C16H22N2O4/c19-15(18-8-10-22-11-9-18)12-14(16(20)21)17-7-6-13-4-2-1-3-5-13/h1-5,14,17H,6-12H2,(H,20,21). The lowest BCUT2D eigenvalue weighted by Crippen LogP contribution is -2.46. The van der Waals surface area contributed by atoms with E-state index in [2.05, 4.69) is 5.32 Å². The Hall–Kier alpha value is -1.92. The molecule has 0 aliphatic carbocycles. The summed E-state index contributed by atoms with van der Waals surface area (Å²) in [7, 11) is 0. The first-order valence-corrected chi connectivity index (χ1v) is 7.52. The van der Waals surface area contributed by atoms with E-state index in [1.807, 2.05) is 30.3 Å². The zero-order chi connectivity index (χ0) is 15.8. The summed E-state index contributed by atoms with van der Waals surface area (Å²) in [5.41, 5.74) is 1.14. The van der Waals surface area contributed by atoms with Crippen molar-refractivity contribution in [3.63, 3.8) is 0 Å². The Morgan fingerprint density at radius 3 is 2.55 bits per heavy atom. The van der Waals surface area contributed by atoms with Gasteiger partial charge in [-0.3, -0.25) is 9.59 Å². The molecule has 0 aromatic heterocycles. The molecule has 2 rings (SSSR count). The predicted octanol–water partition coefficient (Wildman–Crippen LogP) is 0.521. The predicted molar refractivity (Wildman–Crippen MR) is 81.6 cm³/mol. The number of hydrogen-bond donors (Lipinski definition) is 2. The van der Waals surface area contributed by atoms with Crippen molar-refractivity contribution in [2.45, 2.75) is 18.9 Å². The molecule has 6 heteroatoms. The van der Waals surface area contributed by atoms with E-state index >= 15 is 0 Å². The molecule has 1 unspecified atom stereocenters. The Morgan fingerprint density at radius 1 is 1.23 bits per heavy atom. The summed E-state index contributed by atoms with van der Waals surface area (Å²) in [4.78, 5) is 25.1. The molecule has 0 bridgehead atoms. The van der Waals surface area contributed by atoms with Gasteiger partial charge in [-0.2, -0.15) is 0 Å². The van der Waals surface area contributed by atoms with E-state index in [-0.39, 0.29) is 12.3 Å². The molecule has 6 nitrogen and oxygen atoms in total. The normalized spacial score (nSPS) is 16.3.